The summed E-state index contributed by atoms with van der Waals surface area (Å²) in [5, 5.41) is 3.50. The minimum absolute atomic E-state index is 0.296. The van der Waals surface area contributed by atoms with Crippen LogP contribution in [-0.4, -0.2) is 34.5 Å². The average Bonchev–Trinajstić information content (AvgIpc) is 2.65. The molecule has 0 spiro atoms. The summed E-state index contributed by atoms with van der Waals surface area (Å²) in [5.74, 6) is 2.77. The zero-order chi connectivity index (χ0) is 18.2. The van der Waals surface area contributed by atoms with E-state index >= 15 is 0 Å². The van der Waals surface area contributed by atoms with Gasteiger partial charge in [0.2, 0.25) is 5.75 Å². The van der Waals surface area contributed by atoms with Crippen molar-refractivity contribution in [2.75, 3.05) is 33.8 Å². The SMILES string of the molecule is COc1ccc(CCC(C)Nc2cc(OC)c(OC)c(OC)c2)cc1. The molecule has 5 heteroatoms. The molecule has 1 atom stereocenters. The molecule has 0 saturated heterocycles. The molecule has 2 aromatic rings. The normalized spacial score (nSPS) is 11.6. The van der Waals surface area contributed by atoms with Gasteiger partial charge in [-0.1, -0.05) is 12.1 Å². The monoisotopic (exact) mass is 345 g/mol. The molecule has 1 N–H and O–H groups in total. The van der Waals surface area contributed by atoms with Gasteiger partial charge in [-0.15, -0.1) is 0 Å². The van der Waals surface area contributed by atoms with Crippen molar-refractivity contribution in [3.63, 3.8) is 0 Å². The third-order valence-electron chi connectivity index (χ3n) is 4.10. The third kappa shape index (κ3) is 4.95. The maximum absolute atomic E-state index is 5.40. The molecule has 2 aromatic carbocycles. The van der Waals surface area contributed by atoms with Gasteiger partial charge in [-0.25, -0.2) is 0 Å². The van der Waals surface area contributed by atoms with Crippen molar-refractivity contribution in [2.24, 2.45) is 0 Å². The van der Waals surface area contributed by atoms with E-state index in [1.807, 2.05) is 24.3 Å². The summed E-state index contributed by atoms with van der Waals surface area (Å²) < 4.78 is 21.3. The van der Waals surface area contributed by atoms with Crippen LogP contribution in [0.2, 0.25) is 0 Å². The van der Waals surface area contributed by atoms with Gasteiger partial charge in [0.1, 0.15) is 5.75 Å². The molecule has 0 bridgehead atoms. The van der Waals surface area contributed by atoms with Gasteiger partial charge < -0.3 is 24.3 Å². The molecular weight excluding hydrogens is 318 g/mol. The van der Waals surface area contributed by atoms with Crippen LogP contribution >= 0.6 is 0 Å². The third-order valence-corrected chi connectivity index (χ3v) is 4.10. The first-order valence-electron chi connectivity index (χ1n) is 8.30. The smallest absolute Gasteiger partial charge is 0.203 e. The lowest BCUT2D eigenvalue weighted by atomic mass is 10.1. The van der Waals surface area contributed by atoms with Crippen LogP contribution in [0.25, 0.3) is 0 Å². The van der Waals surface area contributed by atoms with E-state index in [4.69, 9.17) is 18.9 Å². The van der Waals surface area contributed by atoms with Gasteiger partial charge in [-0.05, 0) is 37.5 Å². The van der Waals surface area contributed by atoms with Gasteiger partial charge in [0, 0.05) is 23.9 Å². The fourth-order valence-electron chi connectivity index (χ4n) is 2.70. The van der Waals surface area contributed by atoms with Crippen molar-refractivity contribution in [2.45, 2.75) is 25.8 Å². The summed E-state index contributed by atoms with van der Waals surface area (Å²) in [6, 6.07) is 12.3. The molecule has 0 aliphatic heterocycles. The molecule has 1 unspecified atom stereocenters. The molecule has 0 aliphatic rings. The van der Waals surface area contributed by atoms with Crippen molar-refractivity contribution < 1.29 is 18.9 Å². The Morgan fingerprint density at radius 2 is 1.44 bits per heavy atom. The summed E-state index contributed by atoms with van der Waals surface area (Å²) in [7, 11) is 6.52. The van der Waals surface area contributed by atoms with E-state index in [1.54, 1.807) is 28.4 Å². The number of benzene rings is 2. The highest BCUT2D eigenvalue weighted by Gasteiger charge is 2.14. The number of anilines is 1. The second-order valence-electron chi connectivity index (χ2n) is 5.85. The molecule has 0 aromatic heterocycles. The van der Waals surface area contributed by atoms with Crippen molar-refractivity contribution in [3.05, 3.63) is 42.0 Å². The number of rotatable bonds is 9. The number of aryl methyl sites for hydroxylation is 1. The standard InChI is InChI=1S/C20H27NO4/c1-14(6-7-15-8-10-17(22-2)11-9-15)21-16-12-18(23-3)20(25-5)19(13-16)24-4/h8-14,21H,6-7H2,1-5H3. The van der Waals surface area contributed by atoms with Crippen LogP contribution in [0.3, 0.4) is 0 Å². The van der Waals surface area contributed by atoms with Gasteiger partial charge >= 0.3 is 0 Å². The summed E-state index contributed by atoms with van der Waals surface area (Å²) in [5.41, 5.74) is 2.23. The topological polar surface area (TPSA) is 49.0 Å². The van der Waals surface area contributed by atoms with E-state index in [1.165, 1.54) is 5.56 Å². The van der Waals surface area contributed by atoms with Crippen LogP contribution in [0, 0.1) is 0 Å². The largest absolute Gasteiger partial charge is 0.497 e. The van der Waals surface area contributed by atoms with Gasteiger partial charge in [-0.2, -0.15) is 0 Å². The van der Waals surface area contributed by atoms with Crippen molar-refractivity contribution in [1.29, 1.82) is 0 Å². The summed E-state index contributed by atoms with van der Waals surface area (Å²) >= 11 is 0. The summed E-state index contributed by atoms with van der Waals surface area (Å²) in [6.45, 7) is 2.16. The Morgan fingerprint density at radius 3 is 1.92 bits per heavy atom. The lowest BCUT2D eigenvalue weighted by molar-refractivity contribution is 0.324. The number of hydrogen-bond donors (Lipinski definition) is 1. The Bertz CT molecular complexity index is 645. The van der Waals surface area contributed by atoms with Crippen LogP contribution in [0.15, 0.2) is 36.4 Å². The van der Waals surface area contributed by atoms with Gasteiger partial charge in [0.25, 0.3) is 0 Å². The van der Waals surface area contributed by atoms with E-state index in [0.29, 0.717) is 23.3 Å². The Balaban J connectivity index is 2.00. The Labute approximate surface area is 149 Å². The Kier molecular flexibility index (Phi) is 6.81. The highest BCUT2D eigenvalue weighted by Crippen LogP contribution is 2.40. The number of nitrogens with one attached hydrogen (secondary N) is 1. The highest BCUT2D eigenvalue weighted by atomic mass is 16.5. The molecule has 0 aliphatic carbocycles. The van der Waals surface area contributed by atoms with E-state index in [0.717, 1.165) is 24.3 Å². The minimum atomic E-state index is 0.296. The van der Waals surface area contributed by atoms with E-state index in [-0.39, 0.29) is 0 Å². The van der Waals surface area contributed by atoms with Crippen LogP contribution < -0.4 is 24.3 Å². The first kappa shape index (κ1) is 18.8. The zero-order valence-electron chi connectivity index (χ0n) is 15.6. The van der Waals surface area contributed by atoms with Gasteiger partial charge in [0.05, 0.1) is 28.4 Å². The lowest BCUT2D eigenvalue weighted by Crippen LogP contribution is -2.16. The van der Waals surface area contributed by atoms with Crippen molar-refractivity contribution in [3.8, 4) is 23.0 Å². The molecule has 0 amide bonds. The second-order valence-corrected chi connectivity index (χ2v) is 5.85. The Morgan fingerprint density at radius 1 is 0.840 bits per heavy atom. The van der Waals surface area contributed by atoms with Crippen LogP contribution in [0.5, 0.6) is 23.0 Å². The fraction of sp³-hybridized carbons (Fsp3) is 0.400. The number of methoxy groups -OCH3 is 4. The van der Waals surface area contributed by atoms with Crippen LogP contribution in [-0.2, 0) is 6.42 Å². The van der Waals surface area contributed by atoms with Crippen LogP contribution in [0.1, 0.15) is 18.9 Å². The highest BCUT2D eigenvalue weighted by molar-refractivity contribution is 5.62. The maximum Gasteiger partial charge on any atom is 0.203 e. The van der Waals surface area contributed by atoms with E-state index in [2.05, 4.69) is 24.4 Å². The van der Waals surface area contributed by atoms with Crippen molar-refractivity contribution in [1.82, 2.24) is 0 Å². The zero-order valence-corrected chi connectivity index (χ0v) is 15.6. The molecular formula is C20H27NO4. The molecule has 136 valence electrons. The lowest BCUT2D eigenvalue weighted by Gasteiger charge is -2.19. The number of ether oxygens (including phenoxy) is 4. The molecule has 0 saturated carbocycles. The molecule has 5 nitrogen and oxygen atoms in total. The van der Waals surface area contributed by atoms with E-state index in [9.17, 15) is 0 Å². The van der Waals surface area contributed by atoms with E-state index < -0.39 is 0 Å². The molecule has 2 rings (SSSR count). The first-order valence-corrected chi connectivity index (χ1v) is 8.30. The number of hydrogen-bond acceptors (Lipinski definition) is 5. The fourth-order valence-corrected chi connectivity index (χ4v) is 2.70. The molecule has 0 radical (unpaired) electrons. The predicted octanol–water partition coefficient (Wildman–Crippen LogP) is 4.15. The quantitative estimate of drug-likeness (QED) is 0.740. The van der Waals surface area contributed by atoms with Gasteiger partial charge in [-0.3, -0.25) is 0 Å². The van der Waals surface area contributed by atoms with Crippen LogP contribution in [0.4, 0.5) is 5.69 Å². The second kappa shape index (κ2) is 9.06. The maximum atomic E-state index is 5.40. The first-order chi connectivity index (χ1) is 12.1. The van der Waals surface area contributed by atoms with Crippen molar-refractivity contribution >= 4 is 5.69 Å². The van der Waals surface area contributed by atoms with Gasteiger partial charge in [0.15, 0.2) is 11.5 Å². The Hall–Kier alpha value is -2.56. The predicted molar refractivity (Wildman–Crippen MR) is 100 cm³/mol. The molecule has 25 heavy (non-hydrogen) atoms. The minimum Gasteiger partial charge on any atom is -0.497 e. The molecule has 0 heterocycles. The summed E-state index contributed by atoms with van der Waals surface area (Å²) in [4.78, 5) is 0. The molecule has 0 fully saturated rings. The average molecular weight is 345 g/mol. The summed E-state index contributed by atoms with van der Waals surface area (Å²) in [6.07, 6.45) is 1.99.